The van der Waals surface area contributed by atoms with Crippen LogP contribution in [0.5, 0.6) is 0 Å². The Morgan fingerprint density at radius 1 is 1.19 bits per heavy atom. The lowest BCUT2D eigenvalue weighted by Gasteiger charge is -2.29. The van der Waals surface area contributed by atoms with Gasteiger partial charge in [-0.15, -0.1) is 0 Å². The molecule has 2 heterocycles. The van der Waals surface area contributed by atoms with E-state index in [9.17, 15) is 4.79 Å². The highest BCUT2D eigenvalue weighted by Gasteiger charge is 2.28. The van der Waals surface area contributed by atoms with Crippen LogP contribution in [0.4, 0.5) is 5.69 Å². The third-order valence-corrected chi connectivity index (χ3v) is 4.68. The van der Waals surface area contributed by atoms with Crippen LogP contribution in [0.25, 0.3) is 5.57 Å². The molecule has 1 aliphatic heterocycles. The summed E-state index contributed by atoms with van der Waals surface area (Å²) >= 11 is 0. The molecule has 1 amide bonds. The first kappa shape index (κ1) is 16.2. The molecule has 6 heteroatoms. The molecule has 0 saturated heterocycles. The van der Waals surface area contributed by atoms with Gasteiger partial charge in [-0.05, 0) is 30.2 Å². The van der Waals surface area contributed by atoms with Gasteiger partial charge in [0.15, 0.2) is 0 Å². The lowest BCUT2D eigenvalue weighted by atomic mass is 10.0. The number of methoxy groups -OCH3 is 1. The summed E-state index contributed by atoms with van der Waals surface area (Å²) < 4.78 is 5.32. The average Bonchev–Trinajstić information content (AvgIpc) is 3.01. The maximum absolute atomic E-state index is 12.5. The second kappa shape index (κ2) is 6.55. The minimum atomic E-state index is -0.378. The maximum atomic E-state index is 12.5. The van der Waals surface area contributed by atoms with Crippen molar-refractivity contribution in [3.63, 3.8) is 0 Å². The first-order chi connectivity index (χ1) is 12.7. The molecular formula is C20H20N4O2. The predicted octanol–water partition coefficient (Wildman–Crippen LogP) is 3.45. The van der Waals surface area contributed by atoms with Gasteiger partial charge in [-0.25, -0.2) is 0 Å². The van der Waals surface area contributed by atoms with Crippen LogP contribution in [0, 0.1) is 6.92 Å². The number of para-hydroxylation sites is 1. The Bertz CT molecular complexity index is 952. The summed E-state index contributed by atoms with van der Waals surface area (Å²) in [5, 5.41) is 13.7. The number of aromatic amines is 1. The van der Waals surface area contributed by atoms with Crippen LogP contribution < -0.4 is 10.6 Å². The van der Waals surface area contributed by atoms with Crippen molar-refractivity contribution in [2.75, 3.05) is 12.4 Å². The van der Waals surface area contributed by atoms with Gasteiger partial charge in [-0.2, -0.15) is 5.10 Å². The van der Waals surface area contributed by atoms with Crippen molar-refractivity contribution in [2.24, 2.45) is 0 Å². The Kier molecular flexibility index (Phi) is 4.08. The van der Waals surface area contributed by atoms with E-state index in [1.807, 2.05) is 43.4 Å². The van der Waals surface area contributed by atoms with Crippen molar-refractivity contribution in [2.45, 2.75) is 19.5 Å². The standard InChI is InChI=1S/C20H20N4O2/c1-12-5-3-8-15-17(12)22-19(23-20(15)25)18-16(11-21-24-18)13-6-4-7-14(26-2)10-9-13/h3-6,8-11,19,22H,7H2,1-2H3,(H,21,24)(H,23,25). The number of aryl methyl sites for hydroxylation is 1. The van der Waals surface area contributed by atoms with Crippen LogP contribution in [-0.2, 0) is 4.74 Å². The Labute approximate surface area is 151 Å². The highest BCUT2D eigenvalue weighted by molar-refractivity contribution is 6.02. The smallest absolute Gasteiger partial charge is 0.255 e. The molecule has 1 aromatic heterocycles. The summed E-state index contributed by atoms with van der Waals surface area (Å²) in [4.78, 5) is 12.5. The number of ether oxygens (including phenoxy) is 1. The number of anilines is 1. The lowest BCUT2D eigenvalue weighted by Crippen LogP contribution is -2.39. The molecule has 1 aromatic carbocycles. The predicted molar refractivity (Wildman–Crippen MR) is 100 cm³/mol. The summed E-state index contributed by atoms with van der Waals surface area (Å²) in [6.07, 6.45) is 10.2. The lowest BCUT2D eigenvalue weighted by molar-refractivity contribution is 0.0934. The number of aromatic nitrogens is 2. The van der Waals surface area contributed by atoms with Gasteiger partial charge in [0.1, 0.15) is 6.17 Å². The number of fused-ring (bicyclic) bond motifs is 1. The molecule has 1 unspecified atom stereocenters. The van der Waals surface area contributed by atoms with Crippen LogP contribution in [0.15, 0.2) is 54.5 Å². The van der Waals surface area contributed by atoms with E-state index in [4.69, 9.17) is 4.74 Å². The van der Waals surface area contributed by atoms with E-state index >= 15 is 0 Å². The van der Waals surface area contributed by atoms with Crippen molar-refractivity contribution >= 4 is 17.2 Å². The minimum absolute atomic E-state index is 0.0973. The molecule has 0 radical (unpaired) electrons. The maximum Gasteiger partial charge on any atom is 0.255 e. The van der Waals surface area contributed by atoms with E-state index in [2.05, 4.69) is 26.9 Å². The van der Waals surface area contributed by atoms with Crippen LogP contribution in [0.2, 0.25) is 0 Å². The van der Waals surface area contributed by atoms with Crippen molar-refractivity contribution in [1.82, 2.24) is 15.5 Å². The topological polar surface area (TPSA) is 79.0 Å². The molecule has 6 nitrogen and oxygen atoms in total. The number of hydrogen-bond donors (Lipinski definition) is 3. The van der Waals surface area contributed by atoms with Gasteiger partial charge in [0.2, 0.25) is 0 Å². The number of nitrogens with one attached hydrogen (secondary N) is 3. The van der Waals surface area contributed by atoms with Gasteiger partial charge in [0, 0.05) is 12.0 Å². The Morgan fingerprint density at radius 2 is 2.08 bits per heavy atom. The summed E-state index contributed by atoms with van der Waals surface area (Å²) in [5.74, 6) is 0.801. The number of benzene rings is 1. The van der Waals surface area contributed by atoms with E-state index in [0.717, 1.165) is 40.3 Å². The third kappa shape index (κ3) is 2.79. The molecule has 0 bridgehead atoms. The SMILES string of the molecule is COC1=CC=C(c2cn[nH]c2C2NC(=O)c3cccc(C)c3N2)C=CC1. The highest BCUT2D eigenvalue weighted by Crippen LogP contribution is 2.32. The highest BCUT2D eigenvalue weighted by atomic mass is 16.5. The molecular weight excluding hydrogens is 328 g/mol. The molecule has 1 atom stereocenters. The van der Waals surface area contributed by atoms with Crippen molar-refractivity contribution < 1.29 is 9.53 Å². The Morgan fingerprint density at radius 3 is 2.92 bits per heavy atom. The summed E-state index contributed by atoms with van der Waals surface area (Å²) in [6, 6.07) is 5.70. The fraction of sp³-hybridized carbons (Fsp3) is 0.200. The zero-order valence-electron chi connectivity index (χ0n) is 14.7. The molecule has 4 rings (SSSR count). The normalized spacial score (nSPS) is 18.8. The first-order valence-electron chi connectivity index (χ1n) is 8.49. The molecule has 3 N–H and O–H groups in total. The number of rotatable bonds is 3. The fourth-order valence-corrected chi connectivity index (χ4v) is 3.27. The molecule has 0 fully saturated rings. The van der Waals surface area contributed by atoms with Crippen LogP contribution in [0.1, 0.15) is 39.8 Å². The molecule has 2 aliphatic rings. The number of H-pyrrole nitrogens is 1. The number of carbonyl (C=O) groups excluding carboxylic acids is 1. The van der Waals surface area contributed by atoms with Crippen LogP contribution in [0.3, 0.4) is 0 Å². The monoisotopic (exact) mass is 348 g/mol. The number of carbonyl (C=O) groups is 1. The quantitative estimate of drug-likeness (QED) is 0.794. The fourth-order valence-electron chi connectivity index (χ4n) is 3.27. The average molecular weight is 348 g/mol. The van der Waals surface area contributed by atoms with Gasteiger partial charge in [-0.1, -0.05) is 30.4 Å². The summed E-state index contributed by atoms with van der Waals surface area (Å²) in [5.41, 5.74) is 5.30. The molecule has 0 spiro atoms. The van der Waals surface area contributed by atoms with Gasteiger partial charge < -0.3 is 15.4 Å². The largest absolute Gasteiger partial charge is 0.501 e. The number of hydrogen-bond acceptors (Lipinski definition) is 4. The van der Waals surface area contributed by atoms with Crippen molar-refractivity contribution in [3.05, 3.63) is 76.8 Å². The molecule has 1 aliphatic carbocycles. The Balaban J connectivity index is 1.70. The second-order valence-corrected chi connectivity index (χ2v) is 6.31. The molecule has 26 heavy (non-hydrogen) atoms. The van der Waals surface area contributed by atoms with E-state index in [1.54, 1.807) is 13.3 Å². The molecule has 2 aromatic rings. The van der Waals surface area contributed by atoms with Crippen molar-refractivity contribution in [1.29, 1.82) is 0 Å². The van der Waals surface area contributed by atoms with Gasteiger partial charge in [-0.3, -0.25) is 9.89 Å². The van der Waals surface area contributed by atoms with Crippen molar-refractivity contribution in [3.8, 4) is 0 Å². The van der Waals surface area contributed by atoms with Gasteiger partial charge in [0.25, 0.3) is 5.91 Å². The van der Waals surface area contributed by atoms with E-state index in [0.29, 0.717) is 5.56 Å². The van der Waals surface area contributed by atoms with E-state index in [1.165, 1.54) is 0 Å². The van der Waals surface area contributed by atoms with Gasteiger partial charge in [0.05, 0.1) is 36.0 Å². The molecule has 132 valence electrons. The first-order valence-corrected chi connectivity index (χ1v) is 8.49. The van der Waals surface area contributed by atoms with E-state index in [-0.39, 0.29) is 12.1 Å². The van der Waals surface area contributed by atoms with Gasteiger partial charge >= 0.3 is 0 Å². The minimum Gasteiger partial charge on any atom is -0.501 e. The zero-order chi connectivity index (χ0) is 18.1. The Hall–Kier alpha value is -3.28. The van der Waals surface area contributed by atoms with Crippen LogP contribution in [-0.4, -0.2) is 23.2 Å². The number of amides is 1. The zero-order valence-corrected chi connectivity index (χ0v) is 14.7. The number of allylic oxidation sites excluding steroid dienone is 5. The van der Waals surface area contributed by atoms with Crippen LogP contribution >= 0.6 is 0 Å². The molecule has 0 saturated carbocycles. The summed E-state index contributed by atoms with van der Waals surface area (Å²) in [6.45, 7) is 1.99. The third-order valence-electron chi connectivity index (χ3n) is 4.68. The van der Waals surface area contributed by atoms with E-state index < -0.39 is 0 Å². The summed E-state index contributed by atoms with van der Waals surface area (Å²) in [7, 11) is 1.67. The second-order valence-electron chi connectivity index (χ2n) is 6.31. The number of nitrogens with zero attached hydrogens (tertiary/aromatic N) is 1.